The number of carbonyl (C=O) groups excluding carboxylic acids is 1. The SMILES string of the molecule is CC(N)CCNC(=O)C1Cc2cc(Cl)ccc2O1. The Hall–Kier alpha value is -1.26. The second-order valence-corrected chi connectivity index (χ2v) is 5.06. The van der Waals surface area contributed by atoms with Crippen LogP contribution in [0.1, 0.15) is 18.9 Å². The molecule has 0 aromatic heterocycles. The Morgan fingerprint density at radius 3 is 3.17 bits per heavy atom. The summed E-state index contributed by atoms with van der Waals surface area (Å²) in [4.78, 5) is 11.9. The van der Waals surface area contributed by atoms with Crippen LogP contribution in [0.3, 0.4) is 0 Å². The van der Waals surface area contributed by atoms with E-state index in [0.29, 0.717) is 18.0 Å². The van der Waals surface area contributed by atoms with Crippen LogP contribution in [0.5, 0.6) is 5.75 Å². The lowest BCUT2D eigenvalue weighted by Crippen LogP contribution is -2.39. The van der Waals surface area contributed by atoms with Gasteiger partial charge in [-0.2, -0.15) is 0 Å². The standard InChI is InChI=1S/C13H17ClN2O2/c1-8(15)4-5-16-13(17)12-7-9-6-10(14)2-3-11(9)18-12/h2-3,6,8,12H,4-5,7,15H2,1H3,(H,16,17). The number of fused-ring (bicyclic) bond motifs is 1. The Labute approximate surface area is 111 Å². The molecule has 2 unspecified atom stereocenters. The lowest BCUT2D eigenvalue weighted by atomic mass is 10.1. The van der Waals surface area contributed by atoms with Crippen molar-refractivity contribution in [3.63, 3.8) is 0 Å². The van der Waals surface area contributed by atoms with Crippen LogP contribution in [0.15, 0.2) is 18.2 Å². The van der Waals surface area contributed by atoms with Crippen molar-refractivity contribution in [3.8, 4) is 5.75 Å². The summed E-state index contributed by atoms with van der Waals surface area (Å²) in [6.45, 7) is 2.49. The van der Waals surface area contributed by atoms with Crippen LogP contribution in [0.25, 0.3) is 0 Å². The summed E-state index contributed by atoms with van der Waals surface area (Å²) in [6.07, 6.45) is 0.878. The molecule has 1 heterocycles. The number of benzene rings is 1. The van der Waals surface area contributed by atoms with Gasteiger partial charge >= 0.3 is 0 Å². The number of hydrogen-bond donors (Lipinski definition) is 2. The first-order valence-electron chi connectivity index (χ1n) is 6.04. The van der Waals surface area contributed by atoms with Gasteiger partial charge < -0.3 is 15.8 Å². The van der Waals surface area contributed by atoms with E-state index >= 15 is 0 Å². The van der Waals surface area contributed by atoms with E-state index in [9.17, 15) is 4.79 Å². The molecule has 0 aliphatic carbocycles. The summed E-state index contributed by atoms with van der Waals surface area (Å²) in [5.41, 5.74) is 6.60. The molecule has 18 heavy (non-hydrogen) atoms. The second kappa shape index (κ2) is 5.59. The van der Waals surface area contributed by atoms with Crippen LogP contribution in [-0.2, 0) is 11.2 Å². The molecule has 0 saturated carbocycles. The molecular weight excluding hydrogens is 252 g/mol. The first-order valence-corrected chi connectivity index (χ1v) is 6.42. The molecule has 1 aromatic rings. The normalized spacial score (nSPS) is 18.9. The Morgan fingerprint density at radius 1 is 1.67 bits per heavy atom. The highest BCUT2D eigenvalue weighted by atomic mass is 35.5. The van der Waals surface area contributed by atoms with Crippen molar-refractivity contribution in [1.82, 2.24) is 5.32 Å². The van der Waals surface area contributed by atoms with E-state index in [4.69, 9.17) is 22.1 Å². The highest BCUT2D eigenvalue weighted by Gasteiger charge is 2.28. The van der Waals surface area contributed by atoms with E-state index in [0.717, 1.165) is 17.7 Å². The average Bonchev–Trinajstić information content (AvgIpc) is 2.71. The van der Waals surface area contributed by atoms with Gasteiger partial charge in [-0.1, -0.05) is 11.6 Å². The summed E-state index contributed by atoms with van der Waals surface area (Å²) in [7, 11) is 0. The number of rotatable bonds is 4. The van der Waals surface area contributed by atoms with Gasteiger partial charge in [0.15, 0.2) is 6.10 Å². The third-order valence-electron chi connectivity index (χ3n) is 2.89. The molecule has 0 saturated heterocycles. The largest absolute Gasteiger partial charge is 0.480 e. The minimum Gasteiger partial charge on any atom is -0.480 e. The molecule has 1 aliphatic rings. The Balaban J connectivity index is 1.88. The molecule has 1 aliphatic heterocycles. The third-order valence-corrected chi connectivity index (χ3v) is 3.12. The molecule has 98 valence electrons. The molecule has 2 atom stereocenters. The average molecular weight is 269 g/mol. The predicted molar refractivity (Wildman–Crippen MR) is 70.8 cm³/mol. The predicted octanol–water partition coefficient (Wildman–Crippen LogP) is 1.50. The van der Waals surface area contributed by atoms with Gasteiger partial charge in [0.2, 0.25) is 0 Å². The summed E-state index contributed by atoms with van der Waals surface area (Å²) in [5, 5.41) is 3.49. The fourth-order valence-electron chi connectivity index (χ4n) is 1.90. The van der Waals surface area contributed by atoms with Crippen LogP contribution in [0, 0.1) is 0 Å². The minimum atomic E-state index is -0.452. The van der Waals surface area contributed by atoms with Crippen molar-refractivity contribution in [2.75, 3.05) is 6.54 Å². The second-order valence-electron chi connectivity index (χ2n) is 4.62. The maximum absolute atomic E-state index is 11.9. The van der Waals surface area contributed by atoms with Crippen molar-refractivity contribution in [2.45, 2.75) is 31.9 Å². The molecule has 3 N–H and O–H groups in total. The van der Waals surface area contributed by atoms with E-state index in [1.807, 2.05) is 13.0 Å². The smallest absolute Gasteiger partial charge is 0.261 e. The Kier molecular flexibility index (Phi) is 4.09. The van der Waals surface area contributed by atoms with Crippen molar-refractivity contribution in [1.29, 1.82) is 0 Å². The molecule has 4 nitrogen and oxygen atoms in total. The van der Waals surface area contributed by atoms with Crippen molar-refractivity contribution >= 4 is 17.5 Å². The van der Waals surface area contributed by atoms with Crippen LogP contribution in [-0.4, -0.2) is 24.6 Å². The van der Waals surface area contributed by atoms with Crippen molar-refractivity contribution < 1.29 is 9.53 Å². The van der Waals surface area contributed by atoms with Gasteiger partial charge in [-0.05, 0) is 37.1 Å². The summed E-state index contributed by atoms with van der Waals surface area (Å²) < 4.78 is 5.58. The molecule has 2 rings (SSSR count). The monoisotopic (exact) mass is 268 g/mol. The lowest BCUT2D eigenvalue weighted by molar-refractivity contribution is -0.127. The van der Waals surface area contributed by atoms with Crippen LogP contribution in [0.4, 0.5) is 0 Å². The van der Waals surface area contributed by atoms with E-state index in [1.165, 1.54) is 0 Å². The van der Waals surface area contributed by atoms with E-state index in [2.05, 4.69) is 5.32 Å². The number of carbonyl (C=O) groups is 1. The summed E-state index contributed by atoms with van der Waals surface area (Å²) >= 11 is 5.90. The molecular formula is C13H17ClN2O2. The topological polar surface area (TPSA) is 64.3 Å². The zero-order chi connectivity index (χ0) is 13.1. The van der Waals surface area contributed by atoms with Gasteiger partial charge in [-0.3, -0.25) is 4.79 Å². The van der Waals surface area contributed by atoms with E-state index in [-0.39, 0.29) is 11.9 Å². The van der Waals surface area contributed by atoms with Crippen molar-refractivity contribution in [3.05, 3.63) is 28.8 Å². The Bertz CT molecular complexity index is 449. The van der Waals surface area contributed by atoms with Crippen LogP contribution < -0.4 is 15.8 Å². The maximum atomic E-state index is 11.9. The number of ether oxygens (including phenoxy) is 1. The first-order chi connectivity index (χ1) is 8.56. The number of nitrogens with one attached hydrogen (secondary N) is 1. The zero-order valence-corrected chi connectivity index (χ0v) is 11.0. The highest BCUT2D eigenvalue weighted by Crippen LogP contribution is 2.31. The minimum absolute atomic E-state index is 0.0887. The summed E-state index contributed by atoms with van der Waals surface area (Å²) in [5.74, 6) is 0.648. The van der Waals surface area contributed by atoms with Gasteiger partial charge in [0.1, 0.15) is 5.75 Å². The molecule has 0 spiro atoms. The lowest BCUT2D eigenvalue weighted by Gasteiger charge is -2.12. The fraction of sp³-hybridized carbons (Fsp3) is 0.462. The van der Waals surface area contributed by atoms with E-state index < -0.39 is 6.10 Å². The van der Waals surface area contributed by atoms with Crippen molar-refractivity contribution in [2.24, 2.45) is 5.73 Å². The zero-order valence-electron chi connectivity index (χ0n) is 10.3. The first kappa shape index (κ1) is 13.2. The van der Waals surface area contributed by atoms with Crippen LogP contribution in [0.2, 0.25) is 5.02 Å². The van der Waals surface area contributed by atoms with E-state index in [1.54, 1.807) is 12.1 Å². The molecule has 1 aromatic carbocycles. The number of halogens is 1. The molecule has 1 amide bonds. The highest BCUT2D eigenvalue weighted by molar-refractivity contribution is 6.30. The van der Waals surface area contributed by atoms with Gasteiger partial charge in [-0.25, -0.2) is 0 Å². The molecule has 0 fully saturated rings. The molecule has 0 radical (unpaired) electrons. The maximum Gasteiger partial charge on any atom is 0.261 e. The van der Waals surface area contributed by atoms with Crippen LogP contribution >= 0.6 is 11.6 Å². The Morgan fingerprint density at radius 2 is 2.44 bits per heavy atom. The number of nitrogens with two attached hydrogens (primary N) is 1. The van der Waals surface area contributed by atoms with Gasteiger partial charge in [-0.15, -0.1) is 0 Å². The molecule has 0 bridgehead atoms. The number of hydrogen-bond acceptors (Lipinski definition) is 3. The quantitative estimate of drug-likeness (QED) is 0.870. The van der Waals surface area contributed by atoms with Gasteiger partial charge in [0.05, 0.1) is 0 Å². The summed E-state index contributed by atoms with van der Waals surface area (Å²) in [6, 6.07) is 5.49. The van der Waals surface area contributed by atoms with Gasteiger partial charge in [0.25, 0.3) is 5.91 Å². The van der Waals surface area contributed by atoms with Gasteiger partial charge in [0, 0.05) is 24.0 Å². The fourth-order valence-corrected chi connectivity index (χ4v) is 2.09. The third kappa shape index (κ3) is 3.15. The number of amides is 1. The molecule has 5 heteroatoms.